The lowest BCUT2D eigenvalue weighted by atomic mass is 10.1. The molecule has 2 heterocycles. The van der Waals surface area contributed by atoms with E-state index in [4.69, 9.17) is 0 Å². The van der Waals surface area contributed by atoms with Crippen LogP contribution in [0.2, 0.25) is 0 Å². The molecule has 2 aromatic rings. The van der Waals surface area contributed by atoms with Gasteiger partial charge in [0.05, 0.1) is 6.20 Å². The summed E-state index contributed by atoms with van der Waals surface area (Å²) < 4.78 is 0. The largest absolute Gasteiger partial charge is 0.304 e. The van der Waals surface area contributed by atoms with Crippen LogP contribution in [0.1, 0.15) is 32.3 Å². The molecular formula is C13H19N3OS. The van der Waals surface area contributed by atoms with E-state index in [1.807, 2.05) is 17.8 Å². The van der Waals surface area contributed by atoms with Crippen LogP contribution in [0.25, 0.3) is 11.2 Å². The molecule has 0 aliphatic rings. The molecule has 0 spiro atoms. The molecule has 2 aromatic heterocycles. The van der Waals surface area contributed by atoms with Gasteiger partial charge in [-0.05, 0) is 29.6 Å². The van der Waals surface area contributed by atoms with Crippen LogP contribution in [-0.2, 0) is 0 Å². The second kappa shape index (κ2) is 7.16. The summed E-state index contributed by atoms with van der Waals surface area (Å²) in [6.45, 7) is 6.33. The molecule has 0 amide bonds. The van der Waals surface area contributed by atoms with Gasteiger partial charge in [-0.2, -0.15) is 11.8 Å². The smallest absolute Gasteiger partial charge is 0.268 e. The van der Waals surface area contributed by atoms with Crippen LogP contribution in [0.5, 0.6) is 0 Å². The summed E-state index contributed by atoms with van der Waals surface area (Å²) in [4.78, 5) is 21.7. The number of thioether (sulfide) groups is 1. The number of aromatic amines is 1. The van der Waals surface area contributed by atoms with E-state index in [-0.39, 0.29) is 5.56 Å². The molecule has 98 valence electrons. The third-order valence-corrected chi connectivity index (χ3v) is 2.98. The summed E-state index contributed by atoms with van der Waals surface area (Å²) in [7, 11) is 0. The first-order valence-corrected chi connectivity index (χ1v) is 7.31. The van der Waals surface area contributed by atoms with Crippen LogP contribution in [-0.4, -0.2) is 27.0 Å². The molecule has 0 radical (unpaired) electrons. The Morgan fingerprint density at radius 2 is 2.00 bits per heavy atom. The minimum absolute atomic E-state index is 0.220. The fourth-order valence-electron chi connectivity index (χ4n) is 1.26. The van der Waals surface area contributed by atoms with Crippen LogP contribution < -0.4 is 5.56 Å². The van der Waals surface area contributed by atoms with Crippen LogP contribution >= 0.6 is 11.8 Å². The van der Waals surface area contributed by atoms with Crippen LogP contribution in [0.3, 0.4) is 0 Å². The molecule has 18 heavy (non-hydrogen) atoms. The molecule has 0 unspecified atom stereocenters. The number of H-pyrrole nitrogens is 1. The summed E-state index contributed by atoms with van der Waals surface area (Å²) in [6, 6.07) is 1.95. The van der Waals surface area contributed by atoms with Gasteiger partial charge in [-0.25, -0.2) is 9.97 Å². The lowest BCUT2D eigenvalue weighted by molar-refractivity contribution is 0.860. The van der Waals surface area contributed by atoms with Gasteiger partial charge in [-0.15, -0.1) is 0 Å². The molecule has 2 rings (SSSR count). The van der Waals surface area contributed by atoms with Gasteiger partial charge in [0.2, 0.25) is 0 Å². The van der Waals surface area contributed by atoms with Crippen molar-refractivity contribution >= 4 is 22.9 Å². The summed E-state index contributed by atoms with van der Waals surface area (Å²) in [5.74, 6) is 1.65. The zero-order valence-electron chi connectivity index (χ0n) is 11.2. The van der Waals surface area contributed by atoms with E-state index in [2.05, 4.69) is 42.0 Å². The maximum atomic E-state index is 10.9. The number of rotatable bonds is 2. The monoisotopic (exact) mass is 265 g/mol. The normalized spacial score (nSPS) is 10.3. The van der Waals surface area contributed by atoms with Gasteiger partial charge in [0.1, 0.15) is 5.52 Å². The van der Waals surface area contributed by atoms with Crippen molar-refractivity contribution in [2.45, 2.75) is 26.7 Å². The van der Waals surface area contributed by atoms with Crippen molar-refractivity contribution in [3.63, 3.8) is 0 Å². The molecule has 0 fully saturated rings. The van der Waals surface area contributed by atoms with Crippen molar-refractivity contribution in [1.82, 2.24) is 15.0 Å². The van der Waals surface area contributed by atoms with E-state index in [0.29, 0.717) is 11.6 Å². The molecule has 0 saturated carbocycles. The Morgan fingerprint density at radius 1 is 1.33 bits per heavy atom. The molecule has 0 saturated heterocycles. The first-order valence-electron chi connectivity index (χ1n) is 5.92. The second-order valence-corrected chi connectivity index (χ2v) is 5.27. The maximum Gasteiger partial charge on any atom is 0.268 e. The molecule has 0 atom stereocenters. The summed E-state index contributed by atoms with van der Waals surface area (Å²) >= 11 is 1.86. The number of aromatic nitrogens is 3. The van der Waals surface area contributed by atoms with Gasteiger partial charge in [0, 0.05) is 6.20 Å². The van der Waals surface area contributed by atoms with Crippen LogP contribution in [0.4, 0.5) is 0 Å². The van der Waals surface area contributed by atoms with E-state index in [1.54, 1.807) is 6.20 Å². The Balaban J connectivity index is 0.000000357. The topological polar surface area (TPSA) is 58.6 Å². The quantitative estimate of drug-likeness (QED) is 0.907. The predicted molar refractivity (Wildman–Crippen MR) is 78.3 cm³/mol. The zero-order valence-corrected chi connectivity index (χ0v) is 12.0. The van der Waals surface area contributed by atoms with Crippen molar-refractivity contribution in [3.05, 3.63) is 34.4 Å². The molecule has 1 N–H and O–H groups in total. The van der Waals surface area contributed by atoms with Gasteiger partial charge < -0.3 is 4.98 Å². The average Bonchev–Trinajstić information content (AvgIpc) is 2.38. The lowest BCUT2D eigenvalue weighted by Crippen LogP contribution is -2.06. The predicted octanol–water partition coefficient (Wildman–Crippen LogP) is 2.81. The SMILES string of the molecule is CC(C)c1cnc2[nH]c(=O)cnc2c1.CCSC. The Bertz CT molecular complexity index is 549. The first kappa shape index (κ1) is 14.7. The molecule has 4 nitrogen and oxygen atoms in total. The van der Waals surface area contributed by atoms with Gasteiger partial charge in [-0.1, -0.05) is 20.8 Å². The highest BCUT2D eigenvalue weighted by atomic mass is 32.2. The van der Waals surface area contributed by atoms with E-state index >= 15 is 0 Å². The van der Waals surface area contributed by atoms with Crippen LogP contribution in [0.15, 0.2) is 23.3 Å². The Morgan fingerprint density at radius 3 is 2.56 bits per heavy atom. The molecule has 0 aromatic carbocycles. The van der Waals surface area contributed by atoms with E-state index in [0.717, 1.165) is 11.1 Å². The van der Waals surface area contributed by atoms with Gasteiger partial charge in [-0.3, -0.25) is 4.79 Å². The van der Waals surface area contributed by atoms with Crippen molar-refractivity contribution < 1.29 is 0 Å². The Kier molecular flexibility index (Phi) is 5.85. The van der Waals surface area contributed by atoms with Crippen molar-refractivity contribution in [2.75, 3.05) is 12.0 Å². The van der Waals surface area contributed by atoms with Gasteiger partial charge >= 0.3 is 0 Å². The molecule has 0 aliphatic heterocycles. The van der Waals surface area contributed by atoms with E-state index in [1.165, 1.54) is 11.9 Å². The maximum absolute atomic E-state index is 10.9. The fourth-order valence-corrected chi connectivity index (χ4v) is 1.26. The highest BCUT2D eigenvalue weighted by Crippen LogP contribution is 2.15. The van der Waals surface area contributed by atoms with Crippen LogP contribution in [0, 0.1) is 0 Å². The molecule has 0 aliphatic carbocycles. The number of fused-ring (bicyclic) bond motifs is 1. The number of hydrogen-bond acceptors (Lipinski definition) is 4. The highest BCUT2D eigenvalue weighted by Gasteiger charge is 2.02. The minimum atomic E-state index is -0.220. The Labute approximate surface area is 111 Å². The molecule has 0 bridgehead atoms. The molecular weight excluding hydrogens is 246 g/mol. The summed E-state index contributed by atoms with van der Waals surface area (Å²) in [6.07, 6.45) is 5.14. The van der Waals surface area contributed by atoms with E-state index in [9.17, 15) is 4.79 Å². The molecule has 5 heteroatoms. The first-order chi connectivity index (χ1) is 8.58. The average molecular weight is 265 g/mol. The van der Waals surface area contributed by atoms with Crippen molar-refractivity contribution in [2.24, 2.45) is 0 Å². The van der Waals surface area contributed by atoms with Gasteiger partial charge in [0.15, 0.2) is 5.65 Å². The zero-order chi connectivity index (χ0) is 13.5. The summed E-state index contributed by atoms with van der Waals surface area (Å²) in [5.41, 5.74) is 2.18. The van der Waals surface area contributed by atoms with Gasteiger partial charge in [0.25, 0.3) is 5.56 Å². The third kappa shape index (κ3) is 4.14. The Hall–Kier alpha value is -1.36. The second-order valence-electron chi connectivity index (χ2n) is 4.12. The highest BCUT2D eigenvalue weighted by molar-refractivity contribution is 7.98. The minimum Gasteiger partial charge on any atom is -0.304 e. The number of nitrogens with zero attached hydrogens (tertiary/aromatic N) is 2. The standard InChI is InChI=1S/C10H11N3O.C3H8S/c1-6(2)7-3-8-10(12-4-7)13-9(14)5-11-8;1-3-4-2/h3-6H,1-2H3,(H,12,13,14);3H2,1-2H3. The summed E-state index contributed by atoms with van der Waals surface area (Å²) in [5, 5.41) is 0. The fraction of sp³-hybridized carbons (Fsp3) is 0.462. The number of nitrogens with one attached hydrogen (secondary N) is 1. The number of pyridine rings is 1. The third-order valence-electron chi connectivity index (χ3n) is 2.41. The lowest BCUT2D eigenvalue weighted by Gasteiger charge is -2.04. The van der Waals surface area contributed by atoms with Crippen molar-refractivity contribution in [1.29, 1.82) is 0 Å². The number of hydrogen-bond donors (Lipinski definition) is 1. The van der Waals surface area contributed by atoms with Crippen molar-refractivity contribution in [3.8, 4) is 0 Å². The van der Waals surface area contributed by atoms with E-state index < -0.39 is 0 Å².